The minimum atomic E-state index is -3.70. The molecular formula is C17H18N2O5S. The minimum Gasteiger partial charge on any atom is -0.481 e. The zero-order chi connectivity index (χ0) is 18.4. The van der Waals surface area contributed by atoms with Crippen molar-refractivity contribution in [2.75, 3.05) is 11.3 Å². The van der Waals surface area contributed by atoms with Crippen molar-refractivity contribution in [3.63, 3.8) is 0 Å². The zero-order valence-corrected chi connectivity index (χ0v) is 14.3. The number of hydrogen-bond acceptors (Lipinski definition) is 4. The largest absolute Gasteiger partial charge is 0.481 e. The van der Waals surface area contributed by atoms with Gasteiger partial charge >= 0.3 is 5.97 Å². The topological polar surface area (TPSA) is 113 Å². The van der Waals surface area contributed by atoms with Crippen molar-refractivity contribution < 1.29 is 23.1 Å². The average Bonchev–Trinajstić information content (AvgIpc) is 2.55. The van der Waals surface area contributed by atoms with E-state index in [9.17, 15) is 18.0 Å². The summed E-state index contributed by atoms with van der Waals surface area (Å²) in [6, 6.07) is 12.3. The third-order valence-corrected chi connectivity index (χ3v) is 4.75. The van der Waals surface area contributed by atoms with Crippen LogP contribution in [-0.4, -0.2) is 31.9 Å². The van der Waals surface area contributed by atoms with Crippen LogP contribution in [0, 0.1) is 6.92 Å². The summed E-state index contributed by atoms with van der Waals surface area (Å²) in [4.78, 5) is 22.4. The molecule has 0 bridgehead atoms. The quantitative estimate of drug-likeness (QED) is 0.697. The lowest BCUT2D eigenvalue weighted by Gasteiger charge is -2.09. The predicted molar refractivity (Wildman–Crippen MR) is 93.0 cm³/mol. The van der Waals surface area contributed by atoms with Gasteiger partial charge in [-0.05, 0) is 43.3 Å². The number of aliphatic carboxylic acids is 1. The predicted octanol–water partition coefficient (Wildman–Crippen LogP) is 2.00. The standard InChI is InChI=1S/C17H18N2O5S/c1-12-2-8-15(9-3-12)25(23,24)19-14-6-4-13(5-7-14)17(22)18-11-10-16(20)21/h2-9,19H,10-11H2,1H3,(H,18,22)(H,20,21). The second kappa shape index (κ2) is 7.80. The number of hydrogen-bond donors (Lipinski definition) is 3. The maximum absolute atomic E-state index is 12.3. The van der Waals surface area contributed by atoms with Crippen LogP contribution in [0.25, 0.3) is 0 Å². The molecule has 2 rings (SSSR count). The molecule has 0 radical (unpaired) electrons. The second-order valence-corrected chi connectivity index (χ2v) is 7.08. The molecule has 0 atom stereocenters. The molecule has 0 saturated heterocycles. The monoisotopic (exact) mass is 362 g/mol. The molecule has 0 unspecified atom stereocenters. The summed E-state index contributed by atoms with van der Waals surface area (Å²) in [5.41, 5.74) is 1.59. The molecule has 0 aliphatic heterocycles. The molecule has 3 N–H and O–H groups in total. The normalized spacial score (nSPS) is 10.9. The molecule has 132 valence electrons. The van der Waals surface area contributed by atoms with E-state index in [1.165, 1.54) is 36.4 Å². The number of carboxylic acid groups (broad SMARTS) is 1. The van der Waals surface area contributed by atoms with Crippen molar-refractivity contribution in [2.24, 2.45) is 0 Å². The van der Waals surface area contributed by atoms with Crippen LogP contribution in [0.15, 0.2) is 53.4 Å². The average molecular weight is 362 g/mol. The molecule has 8 heteroatoms. The maximum Gasteiger partial charge on any atom is 0.305 e. The highest BCUT2D eigenvalue weighted by atomic mass is 32.2. The summed E-state index contributed by atoms with van der Waals surface area (Å²) in [6.45, 7) is 1.89. The first-order valence-electron chi connectivity index (χ1n) is 7.47. The van der Waals surface area contributed by atoms with Crippen LogP contribution in [0.1, 0.15) is 22.3 Å². The highest BCUT2D eigenvalue weighted by molar-refractivity contribution is 7.92. The molecule has 25 heavy (non-hydrogen) atoms. The number of carboxylic acids is 1. The van der Waals surface area contributed by atoms with Crippen molar-refractivity contribution in [1.82, 2.24) is 5.32 Å². The molecule has 7 nitrogen and oxygen atoms in total. The van der Waals surface area contributed by atoms with Gasteiger partial charge in [0.2, 0.25) is 0 Å². The van der Waals surface area contributed by atoms with Gasteiger partial charge in [0.25, 0.3) is 15.9 Å². The molecule has 0 spiro atoms. The lowest BCUT2D eigenvalue weighted by Crippen LogP contribution is -2.25. The zero-order valence-electron chi connectivity index (χ0n) is 13.5. The molecule has 1 amide bonds. The van der Waals surface area contributed by atoms with Crippen molar-refractivity contribution >= 4 is 27.6 Å². The lowest BCUT2D eigenvalue weighted by molar-refractivity contribution is -0.136. The first-order chi connectivity index (χ1) is 11.8. The van der Waals surface area contributed by atoms with E-state index in [2.05, 4.69) is 10.0 Å². The fourth-order valence-electron chi connectivity index (χ4n) is 2.01. The highest BCUT2D eigenvalue weighted by Gasteiger charge is 2.14. The number of benzene rings is 2. The van der Waals surface area contributed by atoms with Gasteiger partial charge in [0.05, 0.1) is 11.3 Å². The number of carbonyl (C=O) groups excluding carboxylic acids is 1. The Morgan fingerprint density at radius 2 is 1.60 bits per heavy atom. The number of nitrogens with one attached hydrogen (secondary N) is 2. The molecule has 0 saturated carbocycles. The van der Waals surface area contributed by atoms with Gasteiger partial charge in [0.1, 0.15) is 0 Å². The van der Waals surface area contributed by atoms with Gasteiger partial charge in [0, 0.05) is 17.8 Å². The maximum atomic E-state index is 12.3. The van der Waals surface area contributed by atoms with E-state index in [0.717, 1.165) is 5.56 Å². The Balaban J connectivity index is 2.03. The van der Waals surface area contributed by atoms with Gasteiger partial charge in [-0.2, -0.15) is 0 Å². The first-order valence-corrected chi connectivity index (χ1v) is 8.96. The third-order valence-electron chi connectivity index (χ3n) is 3.36. The summed E-state index contributed by atoms with van der Waals surface area (Å²) in [5, 5.41) is 11.0. The molecule has 2 aromatic rings. The van der Waals surface area contributed by atoms with E-state index in [1.54, 1.807) is 12.1 Å². The summed E-state index contributed by atoms with van der Waals surface area (Å²) in [6.07, 6.45) is -0.166. The molecular weight excluding hydrogens is 344 g/mol. The van der Waals surface area contributed by atoms with Crippen LogP contribution in [0.3, 0.4) is 0 Å². The van der Waals surface area contributed by atoms with E-state index in [0.29, 0.717) is 11.3 Å². The van der Waals surface area contributed by atoms with Gasteiger partial charge < -0.3 is 10.4 Å². The number of anilines is 1. The minimum absolute atomic E-state index is 0.0238. The Kier molecular flexibility index (Phi) is 5.76. The molecule has 2 aromatic carbocycles. The first kappa shape index (κ1) is 18.5. The Labute approximate surface area is 145 Å². The van der Waals surface area contributed by atoms with Gasteiger partial charge in [-0.3, -0.25) is 14.3 Å². The smallest absolute Gasteiger partial charge is 0.305 e. The van der Waals surface area contributed by atoms with Crippen LogP contribution in [0.4, 0.5) is 5.69 Å². The van der Waals surface area contributed by atoms with Crippen LogP contribution in [0.5, 0.6) is 0 Å². The van der Waals surface area contributed by atoms with E-state index in [-0.39, 0.29) is 17.9 Å². The lowest BCUT2D eigenvalue weighted by atomic mass is 10.2. The van der Waals surface area contributed by atoms with E-state index in [4.69, 9.17) is 5.11 Å². The molecule has 0 heterocycles. The van der Waals surface area contributed by atoms with Gasteiger partial charge in [-0.15, -0.1) is 0 Å². The van der Waals surface area contributed by atoms with Gasteiger partial charge in [-0.1, -0.05) is 17.7 Å². The summed E-state index contributed by atoms with van der Waals surface area (Å²) < 4.78 is 27.0. The fourth-order valence-corrected chi connectivity index (χ4v) is 3.06. The number of amides is 1. The summed E-state index contributed by atoms with van der Waals surface area (Å²) >= 11 is 0. The van der Waals surface area contributed by atoms with Crippen molar-refractivity contribution in [3.05, 3.63) is 59.7 Å². The summed E-state index contributed by atoms with van der Waals surface area (Å²) in [7, 11) is -3.70. The molecule has 0 fully saturated rings. The third kappa shape index (κ3) is 5.32. The number of carbonyl (C=O) groups is 2. The van der Waals surface area contributed by atoms with E-state index >= 15 is 0 Å². The second-order valence-electron chi connectivity index (χ2n) is 5.40. The van der Waals surface area contributed by atoms with Crippen LogP contribution >= 0.6 is 0 Å². The Bertz CT molecular complexity index is 859. The van der Waals surface area contributed by atoms with Gasteiger partial charge in [0.15, 0.2) is 0 Å². The SMILES string of the molecule is Cc1ccc(S(=O)(=O)Nc2ccc(C(=O)NCCC(=O)O)cc2)cc1. The number of rotatable bonds is 7. The van der Waals surface area contributed by atoms with Crippen molar-refractivity contribution in [2.45, 2.75) is 18.2 Å². The molecule has 0 aliphatic carbocycles. The van der Waals surface area contributed by atoms with Crippen LogP contribution < -0.4 is 10.0 Å². The Hall–Kier alpha value is -2.87. The van der Waals surface area contributed by atoms with Crippen molar-refractivity contribution in [1.29, 1.82) is 0 Å². The number of aryl methyl sites for hydroxylation is 1. The summed E-state index contributed by atoms with van der Waals surface area (Å²) in [5.74, 6) is -1.42. The highest BCUT2D eigenvalue weighted by Crippen LogP contribution is 2.17. The van der Waals surface area contributed by atoms with E-state index < -0.39 is 21.9 Å². The van der Waals surface area contributed by atoms with E-state index in [1.807, 2.05) is 6.92 Å². The van der Waals surface area contributed by atoms with Crippen molar-refractivity contribution in [3.8, 4) is 0 Å². The molecule has 0 aromatic heterocycles. The van der Waals surface area contributed by atoms with Crippen LogP contribution in [0.2, 0.25) is 0 Å². The number of sulfonamides is 1. The fraction of sp³-hybridized carbons (Fsp3) is 0.176. The Morgan fingerprint density at radius 3 is 2.16 bits per heavy atom. The molecule has 0 aliphatic rings. The Morgan fingerprint density at radius 1 is 1.00 bits per heavy atom. The van der Waals surface area contributed by atoms with Gasteiger partial charge in [-0.25, -0.2) is 8.42 Å². The van der Waals surface area contributed by atoms with Crippen LogP contribution in [-0.2, 0) is 14.8 Å².